The zero-order valence-corrected chi connectivity index (χ0v) is 12.7. The number of rotatable bonds is 7. The van der Waals surface area contributed by atoms with Crippen LogP contribution in [0.2, 0.25) is 0 Å². The third kappa shape index (κ3) is 4.11. The molecule has 0 bridgehead atoms. The average Bonchev–Trinajstić information content (AvgIpc) is 2.95. The van der Waals surface area contributed by atoms with Gasteiger partial charge >= 0.3 is 0 Å². The molecule has 5 heteroatoms. The summed E-state index contributed by atoms with van der Waals surface area (Å²) in [4.78, 5) is 4.47. The average molecular weight is 292 g/mol. The molecule has 0 spiro atoms. The van der Waals surface area contributed by atoms with E-state index in [0.29, 0.717) is 19.8 Å². The molecule has 0 aliphatic heterocycles. The van der Waals surface area contributed by atoms with Gasteiger partial charge in [0.25, 0.3) is 0 Å². The molecule has 1 atom stereocenters. The van der Waals surface area contributed by atoms with E-state index in [0.717, 1.165) is 21.8 Å². The van der Waals surface area contributed by atoms with Crippen molar-refractivity contribution in [2.45, 2.75) is 26.2 Å². The van der Waals surface area contributed by atoms with Gasteiger partial charge in [-0.05, 0) is 12.5 Å². The van der Waals surface area contributed by atoms with E-state index in [1.807, 2.05) is 12.3 Å². The zero-order chi connectivity index (χ0) is 14.4. The molecule has 1 aromatic carbocycles. The second-order valence-electron chi connectivity index (χ2n) is 4.62. The van der Waals surface area contributed by atoms with Crippen molar-refractivity contribution in [2.75, 3.05) is 13.7 Å². The van der Waals surface area contributed by atoms with Crippen LogP contribution in [0.5, 0.6) is 0 Å². The van der Waals surface area contributed by atoms with E-state index in [1.54, 1.807) is 18.4 Å². The molecule has 0 fully saturated rings. The van der Waals surface area contributed by atoms with Crippen molar-refractivity contribution in [1.29, 1.82) is 0 Å². The van der Waals surface area contributed by atoms with E-state index < -0.39 is 0 Å². The maximum atomic E-state index is 5.68. The van der Waals surface area contributed by atoms with Gasteiger partial charge in [-0.15, -0.1) is 11.3 Å². The standard InChI is InChI=1S/C15H20N2O2S/c1-11(8-18-2)19-9-12-3-5-13(6-4-12)15-17-14(7-16)10-20-15/h3-6,10-11H,7-9,16H2,1-2H3. The van der Waals surface area contributed by atoms with Gasteiger partial charge in [-0.25, -0.2) is 4.98 Å². The minimum absolute atomic E-state index is 0.103. The maximum Gasteiger partial charge on any atom is 0.123 e. The molecule has 1 unspecified atom stereocenters. The molecule has 0 aliphatic carbocycles. The monoisotopic (exact) mass is 292 g/mol. The molecule has 1 aromatic heterocycles. The molecule has 2 aromatic rings. The lowest BCUT2D eigenvalue weighted by Crippen LogP contribution is -2.14. The van der Waals surface area contributed by atoms with Gasteiger partial charge in [0.05, 0.1) is 25.0 Å². The predicted molar refractivity (Wildman–Crippen MR) is 81.6 cm³/mol. The van der Waals surface area contributed by atoms with Gasteiger partial charge in [-0.1, -0.05) is 24.3 Å². The number of benzene rings is 1. The van der Waals surface area contributed by atoms with Crippen LogP contribution in [-0.4, -0.2) is 24.8 Å². The van der Waals surface area contributed by atoms with Crippen molar-refractivity contribution in [3.8, 4) is 10.6 Å². The maximum absolute atomic E-state index is 5.68. The van der Waals surface area contributed by atoms with Gasteiger partial charge in [0.1, 0.15) is 5.01 Å². The Morgan fingerprint density at radius 3 is 2.65 bits per heavy atom. The number of nitrogens with two attached hydrogens (primary N) is 1. The number of ether oxygens (including phenoxy) is 2. The van der Waals surface area contributed by atoms with E-state index in [1.165, 1.54) is 0 Å². The van der Waals surface area contributed by atoms with Crippen LogP contribution >= 0.6 is 11.3 Å². The number of hydrogen-bond acceptors (Lipinski definition) is 5. The van der Waals surface area contributed by atoms with Crippen LogP contribution in [0.25, 0.3) is 10.6 Å². The highest BCUT2D eigenvalue weighted by Crippen LogP contribution is 2.24. The number of nitrogens with zero attached hydrogens (tertiary/aromatic N) is 1. The highest BCUT2D eigenvalue weighted by Gasteiger charge is 2.05. The Morgan fingerprint density at radius 2 is 2.05 bits per heavy atom. The highest BCUT2D eigenvalue weighted by molar-refractivity contribution is 7.13. The quantitative estimate of drug-likeness (QED) is 0.852. The molecule has 0 saturated heterocycles. The number of thiazole rings is 1. The van der Waals surface area contributed by atoms with Crippen molar-refractivity contribution < 1.29 is 9.47 Å². The topological polar surface area (TPSA) is 57.4 Å². The zero-order valence-electron chi connectivity index (χ0n) is 11.8. The van der Waals surface area contributed by atoms with Crippen LogP contribution in [0.15, 0.2) is 29.6 Å². The fourth-order valence-corrected chi connectivity index (χ4v) is 2.64. The Bertz CT molecular complexity index is 525. The summed E-state index contributed by atoms with van der Waals surface area (Å²) in [6.45, 7) is 3.69. The molecule has 0 amide bonds. The smallest absolute Gasteiger partial charge is 0.123 e. The van der Waals surface area contributed by atoms with Crippen molar-refractivity contribution in [1.82, 2.24) is 4.98 Å². The lowest BCUT2D eigenvalue weighted by atomic mass is 10.1. The van der Waals surface area contributed by atoms with Crippen LogP contribution in [-0.2, 0) is 22.6 Å². The predicted octanol–water partition coefficient (Wildman–Crippen LogP) is 2.82. The van der Waals surface area contributed by atoms with E-state index in [2.05, 4.69) is 29.2 Å². The van der Waals surface area contributed by atoms with Crippen LogP contribution in [0.1, 0.15) is 18.2 Å². The Labute approximate surface area is 123 Å². The first-order valence-corrected chi connectivity index (χ1v) is 7.45. The second-order valence-corrected chi connectivity index (χ2v) is 5.48. The van der Waals surface area contributed by atoms with Crippen molar-refractivity contribution in [2.24, 2.45) is 5.73 Å². The molecule has 2 rings (SSSR count). The number of aromatic nitrogens is 1. The Kier molecular flexibility index (Phi) is 5.67. The Morgan fingerprint density at radius 1 is 1.30 bits per heavy atom. The van der Waals surface area contributed by atoms with E-state index in [4.69, 9.17) is 15.2 Å². The van der Waals surface area contributed by atoms with Crippen LogP contribution in [0.3, 0.4) is 0 Å². The lowest BCUT2D eigenvalue weighted by molar-refractivity contribution is -0.000121. The first-order valence-electron chi connectivity index (χ1n) is 6.57. The molecule has 1 heterocycles. The molecule has 4 nitrogen and oxygen atoms in total. The Balaban J connectivity index is 1.95. The van der Waals surface area contributed by atoms with Crippen molar-refractivity contribution in [3.63, 3.8) is 0 Å². The van der Waals surface area contributed by atoms with Gasteiger partial charge in [-0.2, -0.15) is 0 Å². The number of methoxy groups -OCH3 is 1. The molecule has 0 saturated carbocycles. The summed E-state index contributed by atoms with van der Waals surface area (Å²) in [5, 5.41) is 3.00. The van der Waals surface area contributed by atoms with Gasteiger partial charge in [0.2, 0.25) is 0 Å². The summed E-state index contributed by atoms with van der Waals surface area (Å²) in [5.41, 5.74) is 8.77. The summed E-state index contributed by atoms with van der Waals surface area (Å²) in [6, 6.07) is 8.27. The molecular formula is C15H20N2O2S. The molecule has 0 aliphatic rings. The van der Waals surface area contributed by atoms with Crippen LogP contribution in [0, 0.1) is 0 Å². The summed E-state index contributed by atoms with van der Waals surface area (Å²) >= 11 is 1.62. The minimum atomic E-state index is 0.103. The SMILES string of the molecule is COCC(C)OCc1ccc(-c2nc(CN)cs2)cc1. The number of hydrogen-bond donors (Lipinski definition) is 1. The third-order valence-electron chi connectivity index (χ3n) is 2.90. The molecule has 20 heavy (non-hydrogen) atoms. The van der Waals surface area contributed by atoms with Gasteiger partial charge in [0.15, 0.2) is 0 Å². The van der Waals surface area contributed by atoms with E-state index >= 15 is 0 Å². The van der Waals surface area contributed by atoms with E-state index in [9.17, 15) is 0 Å². The normalized spacial score (nSPS) is 12.6. The largest absolute Gasteiger partial charge is 0.382 e. The van der Waals surface area contributed by atoms with Crippen molar-refractivity contribution >= 4 is 11.3 Å². The highest BCUT2D eigenvalue weighted by atomic mass is 32.1. The van der Waals surface area contributed by atoms with Gasteiger partial charge in [0, 0.05) is 24.6 Å². The molecular weight excluding hydrogens is 272 g/mol. The summed E-state index contributed by atoms with van der Waals surface area (Å²) in [5.74, 6) is 0. The second kappa shape index (κ2) is 7.50. The summed E-state index contributed by atoms with van der Waals surface area (Å²) < 4.78 is 10.7. The fourth-order valence-electron chi connectivity index (χ4n) is 1.80. The lowest BCUT2D eigenvalue weighted by Gasteiger charge is -2.11. The van der Waals surface area contributed by atoms with E-state index in [-0.39, 0.29) is 6.10 Å². The van der Waals surface area contributed by atoms with Crippen molar-refractivity contribution in [3.05, 3.63) is 40.9 Å². The van der Waals surface area contributed by atoms with Gasteiger partial charge in [-0.3, -0.25) is 0 Å². The summed E-state index contributed by atoms with van der Waals surface area (Å²) in [7, 11) is 1.68. The van der Waals surface area contributed by atoms with Gasteiger partial charge < -0.3 is 15.2 Å². The summed E-state index contributed by atoms with van der Waals surface area (Å²) in [6.07, 6.45) is 0.103. The first kappa shape index (κ1) is 15.1. The van der Waals surface area contributed by atoms with Crippen LogP contribution in [0.4, 0.5) is 0 Å². The Hall–Kier alpha value is -1.27. The van der Waals surface area contributed by atoms with Crippen LogP contribution < -0.4 is 5.73 Å². The fraction of sp³-hybridized carbons (Fsp3) is 0.400. The molecule has 108 valence electrons. The molecule has 0 radical (unpaired) electrons. The third-order valence-corrected chi connectivity index (χ3v) is 3.84. The minimum Gasteiger partial charge on any atom is -0.382 e. The first-order chi connectivity index (χ1) is 9.72. The molecule has 2 N–H and O–H groups in total.